The van der Waals surface area contributed by atoms with Crippen LogP contribution in [0.1, 0.15) is 24.2 Å². The molecule has 0 radical (unpaired) electrons. The number of hydrogen-bond donors (Lipinski definition) is 2. The zero-order valence-corrected chi connectivity index (χ0v) is 12.1. The van der Waals surface area contributed by atoms with Crippen LogP contribution in [0.3, 0.4) is 0 Å². The van der Waals surface area contributed by atoms with E-state index in [2.05, 4.69) is 0 Å². The standard InChI is InChI=1S/C16H17NO4/c1-16(2,15(20)21)17(3)14(19)12-9-8-10-6-4-5-7-11(10)13(12)18/h4-9,18H,1-3H3,(H,20,21). The van der Waals surface area contributed by atoms with E-state index in [9.17, 15) is 19.8 Å². The number of aliphatic carboxylic acids is 1. The molecular weight excluding hydrogens is 270 g/mol. The third-order valence-electron chi connectivity index (χ3n) is 3.80. The fraction of sp³-hybridized carbons (Fsp3) is 0.250. The van der Waals surface area contributed by atoms with Crippen molar-refractivity contribution in [3.8, 4) is 5.75 Å². The molecule has 2 N–H and O–H groups in total. The Morgan fingerprint density at radius 2 is 1.71 bits per heavy atom. The van der Waals surface area contributed by atoms with Crippen LogP contribution >= 0.6 is 0 Å². The molecule has 5 nitrogen and oxygen atoms in total. The van der Waals surface area contributed by atoms with E-state index in [0.717, 1.165) is 10.3 Å². The van der Waals surface area contributed by atoms with E-state index in [0.29, 0.717) is 5.39 Å². The lowest BCUT2D eigenvalue weighted by atomic mass is 10.0. The Labute approximate surface area is 122 Å². The molecule has 5 heteroatoms. The average Bonchev–Trinajstić information content (AvgIpc) is 2.46. The van der Waals surface area contributed by atoms with Crippen LogP contribution in [0.4, 0.5) is 0 Å². The number of carbonyl (C=O) groups excluding carboxylic acids is 1. The third-order valence-corrected chi connectivity index (χ3v) is 3.80. The van der Waals surface area contributed by atoms with Gasteiger partial charge in [-0.3, -0.25) is 4.79 Å². The highest BCUT2D eigenvalue weighted by Crippen LogP contribution is 2.30. The van der Waals surface area contributed by atoms with Crippen molar-refractivity contribution in [2.24, 2.45) is 0 Å². The summed E-state index contributed by atoms with van der Waals surface area (Å²) >= 11 is 0. The van der Waals surface area contributed by atoms with Crippen molar-refractivity contribution in [1.29, 1.82) is 0 Å². The zero-order chi connectivity index (χ0) is 15.8. The number of benzene rings is 2. The normalized spacial score (nSPS) is 11.4. The molecule has 0 aliphatic heterocycles. The Morgan fingerprint density at radius 3 is 2.33 bits per heavy atom. The van der Waals surface area contributed by atoms with E-state index in [1.807, 2.05) is 12.1 Å². The highest BCUT2D eigenvalue weighted by atomic mass is 16.4. The molecule has 0 saturated carbocycles. The number of carbonyl (C=O) groups is 2. The summed E-state index contributed by atoms with van der Waals surface area (Å²) in [6.07, 6.45) is 0. The predicted molar refractivity (Wildman–Crippen MR) is 79.4 cm³/mol. The van der Waals surface area contributed by atoms with Gasteiger partial charge in [0.2, 0.25) is 0 Å². The number of phenolic OH excluding ortho intramolecular Hbond substituents is 1. The van der Waals surface area contributed by atoms with Gasteiger partial charge in [0.1, 0.15) is 11.3 Å². The summed E-state index contributed by atoms with van der Waals surface area (Å²) in [5.41, 5.74) is -1.28. The molecule has 0 unspecified atom stereocenters. The molecule has 0 aliphatic carbocycles. The number of fused-ring (bicyclic) bond motifs is 1. The Morgan fingerprint density at radius 1 is 1.10 bits per heavy atom. The van der Waals surface area contributed by atoms with Crippen molar-refractivity contribution in [3.63, 3.8) is 0 Å². The summed E-state index contributed by atoms with van der Waals surface area (Å²) in [6, 6.07) is 10.4. The molecule has 0 bridgehead atoms. The van der Waals surface area contributed by atoms with Gasteiger partial charge in [-0.1, -0.05) is 30.3 Å². The fourth-order valence-corrected chi connectivity index (χ4v) is 2.01. The van der Waals surface area contributed by atoms with Crippen LogP contribution in [-0.2, 0) is 4.79 Å². The first-order chi connectivity index (χ1) is 9.76. The fourth-order valence-electron chi connectivity index (χ4n) is 2.01. The molecule has 0 aromatic heterocycles. The summed E-state index contributed by atoms with van der Waals surface area (Å²) in [4.78, 5) is 24.8. The number of phenols is 1. The van der Waals surface area contributed by atoms with E-state index in [-0.39, 0.29) is 11.3 Å². The summed E-state index contributed by atoms with van der Waals surface area (Å²) in [5.74, 6) is -1.78. The molecule has 0 saturated heterocycles. The van der Waals surface area contributed by atoms with E-state index in [4.69, 9.17) is 0 Å². The number of rotatable bonds is 3. The molecule has 2 aromatic carbocycles. The van der Waals surface area contributed by atoms with Crippen LogP contribution in [0.2, 0.25) is 0 Å². The van der Waals surface area contributed by atoms with Gasteiger partial charge in [0, 0.05) is 12.4 Å². The number of carboxylic acids is 1. The predicted octanol–water partition coefficient (Wildman–Crippen LogP) is 2.48. The lowest BCUT2D eigenvalue weighted by molar-refractivity contribution is -0.147. The first kappa shape index (κ1) is 14.8. The minimum absolute atomic E-state index is 0.0884. The number of likely N-dealkylation sites (N-methyl/N-ethyl adjacent to an activating group) is 1. The Bertz CT molecular complexity index is 721. The van der Waals surface area contributed by atoms with E-state index < -0.39 is 17.4 Å². The van der Waals surface area contributed by atoms with Crippen molar-refractivity contribution in [2.45, 2.75) is 19.4 Å². The lowest BCUT2D eigenvalue weighted by Crippen LogP contribution is -2.50. The maximum absolute atomic E-state index is 12.5. The number of nitrogens with zero attached hydrogens (tertiary/aromatic N) is 1. The van der Waals surface area contributed by atoms with Crippen LogP contribution in [0, 0.1) is 0 Å². The molecule has 110 valence electrons. The zero-order valence-electron chi connectivity index (χ0n) is 12.1. The van der Waals surface area contributed by atoms with Gasteiger partial charge in [-0.2, -0.15) is 0 Å². The summed E-state index contributed by atoms with van der Waals surface area (Å²) < 4.78 is 0. The number of carboxylic acid groups (broad SMARTS) is 1. The highest BCUT2D eigenvalue weighted by Gasteiger charge is 2.36. The molecule has 2 rings (SSSR count). The van der Waals surface area contributed by atoms with Crippen molar-refractivity contribution >= 4 is 22.6 Å². The second-order valence-electron chi connectivity index (χ2n) is 5.41. The quantitative estimate of drug-likeness (QED) is 0.909. The van der Waals surface area contributed by atoms with Crippen LogP contribution in [0.5, 0.6) is 5.75 Å². The number of hydrogen-bond acceptors (Lipinski definition) is 3. The molecule has 0 heterocycles. The highest BCUT2D eigenvalue weighted by molar-refractivity contribution is 6.04. The Kier molecular flexibility index (Phi) is 3.60. The van der Waals surface area contributed by atoms with E-state index >= 15 is 0 Å². The lowest BCUT2D eigenvalue weighted by Gasteiger charge is -2.31. The SMILES string of the molecule is CN(C(=O)c1ccc2ccccc2c1O)C(C)(C)C(=O)O. The van der Waals surface area contributed by atoms with Crippen molar-refractivity contribution in [2.75, 3.05) is 7.05 Å². The van der Waals surface area contributed by atoms with Crippen LogP contribution in [-0.4, -0.2) is 39.6 Å². The second kappa shape index (κ2) is 5.09. The largest absolute Gasteiger partial charge is 0.506 e. The molecule has 21 heavy (non-hydrogen) atoms. The van der Waals surface area contributed by atoms with Gasteiger partial charge in [-0.05, 0) is 25.3 Å². The van der Waals surface area contributed by atoms with Gasteiger partial charge < -0.3 is 15.1 Å². The number of aromatic hydroxyl groups is 1. The Balaban J connectivity index is 2.49. The Hall–Kier alpha value is -2.56. The van der Waals surface area contributed by atoms with Gasteiger partial charge in [0.05, 0.1) is 5.56 Å². The van der Waals surface area contributed by atoms with E-state index in [1.165, 1.54) is 27.0 Å². The summed E-state index contributed by atoms with van der Waals surface area (Å²) in [5, 5.41) is 20.8. The van der Waals surface area contributed by atoms with Gasteiger partial charge in [-0.15, -0.1) is 0 Å². The molecule has 0 atom stereocenters. The van der Waals surface area contributed by atoms with Crippen LogP contribution in [0.25, 0.3) is 10.8 Å². The molecule has 0 aliphatic rings. The first-order valence-electron chi connectivity index (χ1n) is 6.49. The summed E-state index contributed by atoms with van der Waals surface area (Å²) in [7, 11) is 1.41. The molecule has 0 spiro atoms. The molecule has 1 amide bonds. The minimum Gasteiger partial charge on any atom is -0.506 e. The second-order valence-corrected chi connectivity index (χ2v) is 5.41. The topological polar surface area (TPSA) is 77.8 Å². The minimum atomic E-state index is -1.37. The van der Waals surface area contributed by atoms with Crippen molar-refractivity contribution in [3.05, 3.63) is 42.0 Å². The van der Waals surface area contributed by atoms with Gasteiger partial charge in [0.25, 0.3) is 5.91 Å². The van der Waals surface area contributed by atoms with Crippen molar-refractivity contribution < 1.29 is 19.8 Å². The van der Waals surface area contributed by atoms with Gasteiger partial charge in [-0.25, -0.2) is 4.79 Å². The number of amides is 1. The summed E-state index contributed by atoms with van der Waals surface area (Å²) in [6.45, 7) is 2.87. The smallest absolute Gasteiger partial charge is 0.329 e. The molecule has 0 fully saturated rings. The molecular formula is C16H17NO4. The maximum atomic E-state index is 12.5. The average molecular weight is 287 g/mol. The van der Waals surface area contributed by atoms with Gasteiger partial charge >= 0.3 is 5.97 Å². The monoisotopic (exact) mass is 287 g/mol. The maximum Gasteiger partial charge on any atom is 0.329 e. The van der Waals surface area contributed by atoms with Gasteiger partial charge in [0.15, 0.2) is 0 Å². The van der Waals surface area contributed by atoms with Crippen LogP contribution < -0.4 is 0 Å². The van der Waals surface area contributed by atoms with Crippen LogP contribution in [0.15, 0.2) is 36.4 Å². The van der Waals surface area contributed by atoms with Crippen molar-refractivity contribution in [1.82, 2.24) is 4.90 Å². The third kappa shape index (κ3) is 2.42. The molecule has 2 aromatic rings. The van der Waals surface area contributed by atoms with E-state index in [1.54, 1.807) is 18.2 Å². The first-order valence-corrected chi connectivity index (χ1v) is 6.49.